The van der Waals surface area contributed by atoms with Crippen LogP contribution in [0.2, 0.25) is 0 Å². The highest BCUT2D eigenvalue weighted by Gasteiger charge is 2.35. The van der Waals surface area contributed by atoms with Crippen LogP contribution in [0.5, 0.6) is 0 Å². The summed E-state index contributed by atoms with van der Waals surface area (Å²) in [6.45, 7) is 4.30. The van der Waals surface area contributed by atoms with Crippen LogP contribution in [0.3, 0.4) is 0 Å². The fourth-order valence-electron chi connectivity index (χ4n) is 4.76. The second-order valence-corrected chi connectivity index (χ2v) is 10.3. The molecule has 2 aliphatic rings. The Morgan fingerprint density at radius 1 is 1.03 bits per heavy atom. The molecule has 0 N–H and O–H groups in total. The van der Waals surface area contributed by atoms with E-state index in [9.17, 15) is 23.2 Å². The van der Waals surface area contributed by atoms with Crippen LogP contribution in [-0.4, -0.2) is 82.9 Å². The van der Waals surface area contributed by atoms with Crippen LogP contribution >= 0.6 is 11.3 Å². The highest BCUT2D eigenvalue weighted by atomic mass is 32.1. The number of carbonyl (C=O) groups is 2. The summed E-state index contributed by atoms with van der Waals surface area (Å²) in [6, 6.07) is 10.0. The van der Waals surface area contributed by atoms with Crippen molar-refractivity contribution in [3.63, 3.8) is 0 Å². The minimum atomic E-state index is -2.71. The fourth-order valence-corrected chi connectivity index (χ4v) is 5.87. The highest BCUT2D eigenvalue weighted by molar-refractivity contribution is 7.20. The lowest BCUT2D eigenvalue weighted by Gasteiger charge is -2.36. The number of likely N-dealkylation sites (tertiary alicyclic amines) is 1. The molecular formula is C25H27F2N5O3S. The maximum Gasteiger partial charge on any atom is 0.269 e. The molecule has 0 radical (unpaired) electrons. The van der Waals surface area contributed by atoms with Crippen LogP contribution in [0.25, 0.3) is 10.2 Å². The van der Waals surface area contributed by atoms with E-state index in [4.69, 9.17) is 0 Å². The molecule has 1 amide bonds. The number of thiophene rings is 1. The predicted molar refractivity (Wildman–Crippen MR) is 134 cm³/mol. The molecule has 2 aliphatic heterocycles. The van der Waals surface area contributed by atoms with Crippen molar-refractivity contribution >= 4 is 39.1 Å². The van der Waals surface area contributed by atoms with Gasteiger partial charge in [0.1, 0.15) is 11.2 Å². The maximum absolute atomic E-state index is 13.4. The van der Waals surface area contributed by atoms with Crippen LogP contribution in [-0.2, 0) is 0 Å². The number of hydrogen-bond acceptors (Lipinski definition) is 7. The van der Waals surface area contributed by atoms with Gasteiger partial charge in [0.2, 0.25) is 5.91 Å². The zero-order valence-corrected chi connectivity index (χ0v) is 20.8. The molecule has 8 nitrogen and oxygen atoms in total. The van der Waals surface area contributed by atoms with Gasteiger partial charge in [-0.1, -0.05) is 18.2 Å². The summed E-state index contributed by atoms with van der Waals surface area (Å²) < 4.78 is 27.8. The summed E-state index contributed by atoms with van der Waals surface area (Å²) in [5.74, 6) is -3.37. The van der Waals surface area contributed by atoms with Crippen molar-refractivity contribution in [2.24, 2.45) is 0 Å². The summed E-state index contributed by atoms with van der Waals surface area (Å²) in [7, 11) is 0. The average molecular weight is 516 g/mol. The number of piperidine rings is 1. The van der Waals surface area contributed by atoms with Crippen molar-refractivity contribution in [2.45, 2.75) is 25.7 Å². The number of benzene rings is 1. The van der Waals surface area contributed by atoms with Gasteiger partial charge in [-0.3, -0.25) is 19.3 Å². The summed E-state index contributed by atoms with van der Waals surface area (Å²) in [6.07, 6.45) is 0.566. The summed E-state index contributed by atoms with van der Waals surface area (Å²) in [5.41, 5.74) is 1.10. The second-order valence-electron chi connectivity index (χ2n) is 9.30. The molecule has 5 rings (SSSR count). The third kappa shape index (κ3) is 4.77. The topological polar surface area (TPSA) is 78.8 Å². The van der Waals surface area contributed by atoms with Gasteiger partial charge < -0.3 is 9.80 Å². The number of amides is 1. The van der Waals surface area contributed by atoms with Gasteiger partial charge in [-0.05, 0) is 24.6 Å². The Balaban J connectivity index is 1.31. The lowest BCUT2D eigenvalue weighted by atomic mass is 10.1. The van der Waals surface area contributed by atoms with Crippen LogP contribution in [0.1, 0.15) is 32.9 Å². The van der Waals surface area contributed by atoms with E-state index in [1.165, 1.54) is 6.33 Å². The number of para-hydroxylation sites is 1. The van der Waals surface area contributed by atoms with Gasteiger partial charge in [-0.2, -0.15) is 0 Å². The lowest BCUT2D eigenvalue weighted by molar-refractivity contribution is -0.0540. The Morgan fingerprint density at radius 3 is 2.36 bits per heavy atom. The number of halogens is 2. The van der Waals surface area contributed by atoms with Gasteiger partial charge in [0, 0.05) is 57.8 Å². The zero-order chi connectivity index (χ0) is 25.4. The summed E-state index contributed by atoms with van der Waals surface area (Å²) >= 11 is 1.16. The van der Waals surface area contributed by atoms with Crippen molar-refractivity contribution in [2.75, 3.05) is 50.7 Å². The van der Waals surface area contributed by atoms with E-state index in [-0.39, 0.29) is 43.8 Å². The molecule has 3 aromatic rings. The number of anilines is 1. The Bertz CT molecular complexity index is 1340. The number of piperazine rings is 1. The number of rotatable bonds is 4. The lowest BCUT2D eigenvalue weighted by Crippen LogP contribution is -2.48. The van der Waals surface area contributed by atoms with E-state index >= 15 is 0 Å². The number of aromatic nitrogens is 2. The Hall–Kier alpha value is -3.18. The molecule has 0 bridgehead atoms. The van der Waals surface area contributed by atoms with Crippen LogP contribution in [0, 0.1) is 6.92 Å². The van der Waals surface area contributed by atoms with Crippen LogP contribution < -0.4 is 10.5 Å². The zero-order valence-electron chi connectivity index (χ0n) is 20.0. The fraction of sp³-hybridized carbons (Fsp3) is 0.440. The first-order valence-electron chi connectivity index (χ1n) is 12.0. The number of fused-ring (bicyclic) bond motifs is 1. The number of carbonyl (C=O) groups excluding carboxylic acids is 2. The SMILES string of the molecule is Cc1c(C(=O)N2CCN(c3ccccc3)CC2)sc2ncn(C(=O)CN3CCC(F)(F)CC3)c(=O)c12. The first kappa shape index (κ1) is 24.5. The first-order chi connectivity index (χ1) is 17.2. The molecule has 0 saturated carbocycles. The van der Waals surface area contributed by atoms with E-state index in [0.717, 1.165) is 21.6 Å². The average Bonchev–Trinajstić information content (AvgIpc) is 3.22. The molecule has 2 saturated heterocycles. The molecule has 0 aliphatic carbocycles. The first-order valence-corrected chi connectivity index (χ1v) is 12.8. The van der Waals surface area contributed by atoms with E-state index in [1.807, 2.05) is 30.3 Å². The van der Waals surface area contributed by atoms with Gasteiger partial charge in [-0.15, -0.1) is 11.3 Å². The molecule has 1 aromatic carbocycles. The third-order valence-corrected chi connectivity index (χ3v) is 8.14. The van der Waals surface area contributed by atoms with E-state index in [0.29, 0.717) is 41.5 Å². The molecular weight excluding hydrogens is 488 g/mol. The van der Waals surface area contributed by atoms with Crippen molar-refractivity contribution in [1.82, 2.24) is 19.4 Å². The highest BCUT2D eigenvalue weighted by Crippen LogP contribution is 2.29. The van der Waals surface area contributed by atoms with Crippen LogP contribution in [0.4, 0.5) is 14.5 Å². The largest absolute Gasteiger partial charge is 0.368 e. The standard InChI is InChI=1S/C25H27F2N5O3S/c1-17-20-22(28-16-32(23(20)34)19(33)15-29-9-7-25(26,27)8-10-29)36-21(17)24(35)31-13-11-30(12-14-31)18-5-3-2-4-6-18/h2-6,16H,7-15H2,1H3. The molecule has 4 heterocycles. The van der Waals surface area contributed by atoms with Gasteiger partial charge in [0.05, 0.1) is 16.8 Å². The Morgan fingerprint density at radius 2 is 1.69 bits per heavy atom. The molecule has 190 valence electrons. The van der Waals surface area contributed by atoms with Crippen molar-refractivity contribution in [3.8, 4) is 0 Å². The summed E-state index contributed by atoms with van der Waals surface area (Å²) in [5, 5.41) is 0.257. The monoisotopic (exact) mass is 515 g/mol. The van der Waals surface area contributed by atoms with Gasteiger partial charge >= 0.3 is 0 Å². The number of alkyl halides is 2. The van der Waals surface area contributed by atoms with Gasteiger partial charge in [-0.25, -0.2) is 18.3 Å². The normalized spacial score (nSPS) is 18.5. The quantitative estimate of drug-likeness (QED) is 0.532. The molecule has 0 spiro atoms. The van der Waals surface area contributed by atoms with Crippen molar-refractivity contribution in [1.29, 1.82) is 0 Å². The minimum Gasteiger partial charge on any atom is -0.368 e. The summed E-state index contributed by atoms with van der Waals surface area (Å²) in [4.78, 5) is 50.1. The predicted octanol–water partition coefficient (Wildman–Crippen LogP) is 3.10. The Labute approximate surface area is 210 Å². The molecule has 11 heteroatoms. The smallest absolute Gasteiger partial charge is 0.269 e. The van der Waals surface area contributed by atoms with Crippen molar-refractivity contribution < 1.29 is 18.4 Å². The minimum absolute atomic E-state index is 0.0941. The second kappa shape index (κ2) is 9.70. The van der Waals surface area contributed by atoms with Crippen molar-refractivity contribution in [3.05, 3.63) is 57.5 Å². The van der Waals surface area contributed by atoms with E-state index < -0.39 is 17.4 Å². The maximum atomic E-state index is 13.4. The molecule has 2 fully saturated rings. The van der Waals surface area contributed by atoms with E-state index in [1.54, 1.807) is 16.7 Å². The van der Waals surface area contributed by atoms with E-state index in [2.05, 4.69) is 9.88 Å². The number of nitrogens with zero attached hydrogens (tertiary/aromatic N) is 5. The number of hydrogen-bond donors (Lipinski definition) is 0. The third-order valence-electron chi connectivity index (χ3n) is 6.95. The van der Waals surface area contributed by atoms with Gasteiger partial charge in [0.15, 0.2) is 0 Å². The Kier molecular flexibility index (Phi) is 6.60. The molecule has 0 atom stereocenters. The number of aryl methyl sites for hydroxylation is 1. The molecule has 36 heavy (non-hydrogen) atoms. The molecule has 0 unspecified atom stereocenters. The van der Waals surface area contributed by atoms with Crippen LogP contribution in [0.15, 0.2) is 41.5 Å². The molecule has 2 aromatic heterocycles. The van der Waals surface area contributed by atoms with Gasteiger partial charge in [0.25, 0.3) is 17.4 Å².